The van der Waals surface area contributed by atoms with Crippen LogP contribution < -0.4 is 0 Å². The van der Waals surface area contributed by atoms with Gasteiger partial charge in [-0.15, -0.1) is 0 Å². The van der Waals surface area contributed by atoms with Gasteiger partial charge in [0.2, 0.25) is 0 Å². The van der Waals surface area contributed by atoms with Crippen LogP contribution in [0.1, 0.15) is 44.6 Å². The van der Waals surface area contributed by atoms with Crippen molar-refractivity contribution in [1.29, 1.82) is 0 Å². The Morgan fingerprint density at radius 3 is 2.61 bits per heavy atom. The summed E-state index contributed by atoms with van der Waals surface area (Å²) >= 11 is 5.96. The third-order valence-corrected chi connectivity index (χ3v) is 4.20. The average molecular weight is 268 g/mol. The molecule has 0 aromatic heterocycles. The molecule has 2 rings (SSSR count). The molecule has 3 heteroatoms. The normalized spacial score (nSPS) is 17.3. The molecule has 1 aliphatic rings. The van der Waals surface area contributed by atoms with E-state index in [2.05, 4.69) is 11.8 Å². The molecule has 0 saturated heterocycles. The van der Waals surface area contributed by atoms with Crippen LogP contribution in [0.2, 0.25) is 5.02 Å². The van der Waals surface area contributed by atoms with E-state index < -0.39 is 0 Å². The summed E-state index contributed by atoms with van der Waals surface area (Å²) in [6.07, 6.45) is 6.74. The van der Waals surface area contributed by atoms with E-state index in [0.717, 1.165) is 19.1 Å². The van der Waals surface area contributed by atoms with Gasteiger partial charge in [0.15, 0.2) is 0 Å². The van der Waals surface area contributed by atoms with Gasteiger partial charge in [0, 0.05) is 12.6 Å². The Morgan fingerprint density at radius 2 is 2.00 bits per heavy atom. The second-order valence-corrected chi connectivity index (χ2v) is 5.55. The highest BCUT2D eigenvalue weighted by atomic mass is 35.5. The fraction of sp³-hybridized carbons (Fsp3) is 0.600. The molecule has 0 spiro atoms. The summed E-state index contributed by atoms with van der Waals surface area (Å²) in [6, 6.07) is 6.25. The van der Waals surface area contributed by atoms with Gasteiger partial charge in [-0.05, 0) is 37.1 Å². The average Bonchev–Trinajstić information content (AvgIpc) is 2.41. The molecule has 0 radical (unpaired) electrons. The molecular weight excluding hydrogens is 246 g/mol. The predicted molar refractivity (Wildman–Crippen MR) is 76.1 cm³/mol. The number of hydrogen-bond acceptors (Lipinski definition) is 2. The zero-order valence-corrected chi connectivity index (χ0v) is 11.8. The summed E-state index contributed by atoms with van der Waals surface area (Å²) in [5, 5.41) is 9.89. The maximum absolute atomic E-state index is 9.44. The summed E-state index contributed by atoms with van der Waals surface area (Å²) in [5.41, 5.74) is 1.19. The first-order valence-corrected chi connectivity index (χ1v) is 7.30. The van der Waals surface area contributed by atoms with Crippen molar-refractivity contribution in [3.8, 4) is 5.75 Å². The topological polar surface area (TPSA) is 23.5 Å². The van der Waals surface area contributed by atoms with Gasteiger partial charge in [0.05, 0.1) is 5.02 Å². The van der Waals surface area contributed by atoms with Crippen molar-refractivity contribution in [3.63, 3.8) is 0 Å². The fourth-order valence-electron chi connectivity index (χ4n) is 2.83. The maximum atomic E-state index is 9.44. The third kappa shape index (κ3) is 3.39. The summed E-state index contributed by atoms with van der Waals surface area (Å²) in [6.45, 7) is 4.22. The highest BCUT2D eigenvalue weighted by Gasteiger charge is 2.19. The summed E-state index contributed by atoms with van der Waals surface area (Å²) in [7, 11) is 0. The van der Waals surface area contributed by atoms with Gasteiger partial charge in [0.25, 0.3) is 0 Å². The highest BCUT2D eigenvalue weighted by Crippen LogP contribution is 2.27. The van der Waals surface area contributed by atoms with Crippen molar-refractivity contribution in [3.05, 3.63) is 28.8 Å². The first kappa shape index (κ1) is 13.7. The van der Waals surface area contributed by atoms with Crippen molar-refractivity contribution in [1.82, 2.24) is 4.90 Å². The van der Waals surface area contributed by atoms with Gasteiger partial charge >= 0.3 is 0 Å². The molecule has 0 heterocycles. The first-order valence-electron chi connectivity index (χ1n) is 6.92. The molecule has 2 nitrogen and oxygen atoms in total. The molecule has 1 N–H and O–H groups in total. The molecule has 1 aromatic carbocycles. The van der Waals surface area contributed by atoms with Crippen molar-refractivity contribution in [2.75, 3.05) is 6.54 Å². The van der Waals surface area contributed by atoms with E-state index >= 15 is 0 Å². The molecule has 0 unspecified atom stereocenters. The van der Waals surface area contributed by atoms with Crippen LogP contribution >= 0.6 is 11.6 Å². The van der Waals surface area contributed by atoms with Crippen LogP contribution in [0.4, 0.5) is 0 Å². The van der Waals surface area contributed by atoms with Gasteiger partial charge < -0.3 is 5.11 Å². The second kappa shape index (κ2) is 6.44. The van der Waals surface area contributed by atoms with E-state index in [9.17, 15) is 5.11 Å². The van der Waals surface area contributed by atoms with E-state index in [1.165, 1.54) is 37.7 Å². The zero-order valence-electron chi connectivity index (χ0n) is 11.0. The molecule has 0 aliphatic heterocycles. The lowest BCUT2D eigenvalue weighted by molar-refractivity contribution is 0.156. The SMILES string of the molecule is CCN(Cc1ccc(O)c(Cl)c1)C1CCCCC1. The van der Waals surface area contributed by atoms with Crippen LogP contribution in [0.25, 0.3) is 0 Å². The number of rotatable bonds is 4. The number of phenolic OH excluding ortho intramolecular Hbond substituents is 1. The molecule has 18 heavy (non-hydrogen) atoms. The molecule has 0 bridgehead atoms. The minimum atomic E-state index is 0.168. The minimum absolute atomic E-state index is 0.168. The Kier molecular flexibility index (Phi) is 4.90. The molecule has 0 atom stereocenters. The number of aromatic hydroxyl groups is 1. The first-order chi connectivity index (χ1) is 8.70. The quantitative estimate of drug-likeness (QED) is 0.884. The van der Waals surface area contributed by atoms with E-state index in [1.54, 1.807) is 6.07 Å². The lowest BCUT2D eigenvalue weighted by Crippen LogP contribution is -2.36. The van der Waals surface area contributed by atoms with Crippen LogP contribution in [0.5, 0.6) is 5.75 Å². The molecule has 100 valence electrons. The number of halogens is 1. The molecule has 1 aliphatic carbocycles. The van der Waals surface area contributed by atoms with E-state index in [0.29, 0.717) is 5.02 Å². The van der Waals surface area contributed by atoms with E-state index in [1.807, 2.05) is 12.1 Å². The van der Waals surface area contributed by atoms with E-state index in [4.69, 9.17) is 11.6 Å². The highest BCUT2D eigenvalue weighted by molar-refractivity contribution is 6.32. The molecule has 1 saturated carbocycles. The monoisotopic (exact) mass is 267 g/mol. The van der Waals surface area contributed by atoms with Crippen LogP contribution in [0.15, 0.2) is 18.2 Å². The van der Waals surface area contributed by atoms with Crippen molar-refractivity contribution >= 4 is 11.6 Å². The Morgan fingerprint density at radius 1 is 1.28 bits per heavy atom. The van der Waals surface area contributed by atoms with Crippen LogP contribution in [-0.4, -0.2) is 22.6 Å². The Labute approximate surface area is 115 Å². The molecular formula is C15H22ClNO. The van der Waals surface area contributed by atoms with Gasteiger partial charge in [-0.3, -0.25) is 4.90 Å². The minimum Gasteiger partial charge on any atom is -0.506 e. The molecule has 1 fully saturated rings. The van der Waals surface area contributed by atoms with E-state index in [-0.39, 0.29) is 5.75 Å². The predicted octanol–water partition coefficient (Wildman–Crippen LogP) is 4.20. The van der Waals surface area contributed by atoms with Gasteiger partial charge in [-0.2, -0.15) is 0 Å². The van der Waals surface area contributed by atoms with Gasteiger partial charge in [-0.1, -0.05) is 43.9 Å². The number of benzene rings is 1. The number of phenols is 1. The number of nitrogens with zero attached hydrogens (tertiary/aromatic N) is 1. The maximum Gasteiger partial charge on any atom is 0.134 e. The lowest BCUT2D eigenvalue weighted by Gasteiger charge is -2.33. The molecule has 0 amide bonds. The Bertz CT molecular complexity index is 388. The summed E-state index contributed by atoms with van der Waals surface area (Å²) in [5.74, 6) is 0.168. The van der Waals surface area contributed by atoms with Gasteiger partial charge in [0.1, 0.15) is 5.75 Å². The van der Waals surface area contributed by atoms with Crippen molar-refractivity contribution < 1.29 is 5.11 Å². The standard InChI is InChI=1S/C15H22ClNO/c1-2-17(13-6-4-3-5-7-13)11-12-8-9-15(18)14(16)10-12/h8-10,13,18H,2-7,11H2,1H3. The second-order valence-electron chi connectivity index (χ2n) is 5.14. The third-order valence-electron chi connectivity index (χ3n) is 3.90. The molecule has 1 aromatic rings. The lowest BCUT2D eigenvalue weighted by atomic mass is 9.94. The van der Waals surface area contributed by atoms with Crippen LogP contribution in [0.3, 0.4) is 0 Å². The fourth-order valence-corrected chi connectivity index (χ4v) is 3.03. The summed E-state index contributed by atoms with van der Waals surface area (Å²) < 4.78 is 0. The Balaban J connectivity index is 2.02. The van der Waals surface area contributed by atoms with Crippen LogP contribution in [-0.2, 0) is 6.54 Å². The smallest absolute Gasteiger partial charge is 0.134 e. The van der Waals surface area contributed by atoms with Crippen LogP contribution in [0, 0.1) is 0 Å². The van der Waals surface area contributed by atoms with Crippen molar-refractivity contribution in [2.24, 2.45) is 0 Å². The number of hydrogen-bond donors (Lipinski definition) is 1. The summed E-state index contributed by atoms with van der Waals surface area (Å²) in [4.78, 5) is 2.53. The zero-order chi connectivity index (χ0) is 13.0. The Hall–Kier alpha value is -0.730. The van der Waals surface area contributed by atoms with Gasteiger partial charge in [-0.25, -0.2) is 0 Å². The largest absolute Gasteiger partial charge is 0.506 e. The van der Waals surface area contributed by atoms with Crippen molar-refractivity contribution in [2.45, 2.75) is 51.6 Å².